The number of benzene rings is 1. The highest BCUT2D eigenvalue weighted by Crippen LogP contribution is 2.23. The van der Waals surface area contributed by atoms with Crippen LogP contribution in [0.15, 0.2) is 60.0 Å². The molecule has 1 saturated heterocycles. The second kappa shape index (κ2) is 8.31. The molecule has 27 heavy (non-hydrogen) atoms. The predicted octanol–water partition coefficient (Wildman–Crippen LogP) is 3.74. The van der Waals surface area contributed by atoms with Crippen molar-refractivity contribution >= 4 is 23.1 Å². The molecule has 2 aromatic heterocycles. The Labute approximate surface area is 163 Å². The van der Waals surface area contributed by atoms with Crippen molar-refractivity contribution in [1.29, 1.82) is 0 Å². The smallest absolute Gasteiger partial charge is 0.225 e. The van der Waals surface area contributed by atoms with Crippen molar-refractivity contribution in [3.63, 3.8) is 0 Å². The molecule has 0 radical (unpaired) electrons. The second-order valence-corrected chi connectivity index (χ2v) is 7.76. The number of aromatic nitrogens is 2. The van der Waals surface area contributed by atoms with E-state index in [9.17, 15) is 4.79 Å². The molecule has 3 heterocycles. The first-order chi connectivity index (χ1) is 13.3. The zero-order valence-corrected chi connectivity index (χ0v) is 15.9. The molecule has 3 aromatic rings. The van der Waals surface area contributed by atoms with Crippen LogP contribution >= 0.6 is 11.3 Å². The fourth-order valence-corrected chi connectivity index (χ4v) is 4.03. The van der Waals surface area contributed by atoms with Gasteiger partial charge >= 0.3 is 0 Å². The normalized spacial score (nSPS) is 16.9. The first-order valence-electron chi connectivity index (χ1n) is 9.24. The third-order valence-electron chi connectivity index (χ3n) is 4.85. The molecule has 1 aliphatic rings. The van der Waals surface area contributed by atoms with Crippen LogP contribution in [0.3, 0.4) is 0 Å². The lowest BCUT2D eigenvalue weighted by Gasteiger charge is -2.32. The first kappa shape index (κ1) is 17.7. The Morgan fingerprint density at radius 1 is 1.11 bits per heavy atom. The van der Waals surface area contributed by atoms with Crippen LogP contribution in [0.5, 0.6) is 0 Å². The quantitative estimate of drug-likeness (QED) is 0.735. The highest BCUT2D eigenvalue weighted by molar-refractivity contribution is 7.09. The van der Waals surface area contributed by atoms with Crippen molar-refractivity contribution in [2.75, 3.05) is 18.0 Å². The summed E-state index contributed by atoms with van der Waals surface area (Å²) >= 11 is 1.67. The molecule has 6 heteroatoms. The Kier molecular flexibility index (Phi) is 5.44. The molecular formula is C21H22N4OS. The molecule has 138 valence electrons. The standard InChI is InChI=1S/C21H22N4OS/c26-21(22-14-18-9-5-13-27-18)17-8-4-12-25(15-17)20-11-10-19(23-24-20)16-6-2-1-3-7-16/h1-3,5-7,9-11,13,17H,4,8,12,14-15H2,(H,22,26)/t17-/m1/s1. The molecule has 0 spiro atoms. The van der Waals surface area contributed by atoms with Crippen LogP contribution in [0.4, 0.5) is 5.82 Å². The van der Waals surface area contributed by atoms with Gasteiger partial charge in [0.25, 0.3) is 0 Å². The summed E-state index contributed by atoms with van der Waals surface area (Å²) < 4.78 is 0. The van der Waals surface area contributed by atoms with Crippen molar-refractivity contribution in [2.45, 2.75) is 19.4 Å². The van der Waals surface area contributed by atoms with Crippen LogP contribution in [0, 0.1) is 5.92 Å². The van der Waals surface area contributed by atoms with Gasteiger partial charge in [-0.25, -0.2) is 0 Å². The number of nitrogens with one attached hydrogen (secondary N) is 1. The van der Waals surface area contributed by atoms with E-state index >= 15 is 0 Å². The number of rotatable bonds is 5. The second-order valence-electron chi connectivity index (χ2n) is 6.73. The molecular weight excluding hydrogens is 356 g/mol. The maximum absolute atomic E-state index is 12.5. The Bertz CT molecular complexity index is 865. The topological polar surface area (TPSA) is 58.1 Å². The summed E-state index contributed by atoms with van der Waals surface area (Å²) in [4.78, 5) is 15.9. The number of amides is 1. The van der Waals surface area contributed by atoms with Gasteiger partial charge in [0.15, 0.2) is 5.82 Å². The number of thiophene rings is 1. The van der Waals surface area contributed by atoms with Crippen LogP contribution < -0.4 is 10.2 Å². The lowest BCUT2D eigenvalue weighted by Crippen LogP contribution is -2.43. The third kappa shape index (κ3) is 4.34. The predicted molar refractivity (Wildman–Crippen MR) is 109 cm³/mol. The van der Waals surface area contributed by atoms with Gasteiger partial charge in [-0.3, -0.25) is 4.79 Å². The van der Waals surface area contributed by atoms with Crippen LogP contribution in [0.1, 0.15) is 17.7 Å². The SMILES string of the molecule is O=C(NCc1cccs1)[C@@H]1CCCN(c2ccc(-c3ccccc3)nn2)C1. The van der Waals surface area contributed by atoms with Crippen molar-refractivity contribution in [2.24, 2.45) is 5.92 Å². The summed E-state index contributed by atoms with van der Waals surface area (Å²) in [6.07, 6.45) is 1.90. The number of carbonyl (C=O) groups is 1. The first-order valence-corrected chi connectivity index (χ1v) is 10.1. The Hall–Kier alpha value is -2.73. The lowest BCUT2D eigenvalue weighted by atomic mass is 9.97. The summed E-state index contributed by atoms with van der Waals surface area (Å²) in [5.74, 6) is 0.960. The fraction of sp³-hybridized carbons (Fsp3) is 0.286. The van der Waals surface area contributed by atoms with Gasteiger partial charge in [-0.1, -0.05) is 36.4 Å². The molecule has 1 N–H and O–H groups in total. The van der Waals surface area contributed by atoms with E-state index < -0.39 is 0 Å². The van der Waals surface area contributed by atoms with E-state index in [4.69, 9.17) is 0 Å². The third-order valence-corrected chi connectivity index (χ3v) is 5.73. The van der Waals surface area contributed by atoms with Gasteiger partial charge in [0, 0.05) is 23.5 Å². The molecule has 1 amide bonds. The van der Waals surface area contributed by atoms with Gasteiger partial charge in [0.05, 0.1) is 18.2 Å². The minimum atomic E-state index is -0.00527. The molecule has 1 atom stereocenters. The number of hydrogen-bond acceptors (Lipinski definition) is 5. The monoisotopic (exact) mass is 378 g/mol. The number of carbonyl (C=O) groups excluding carboxylic acids is 1. The highest BCUT2D eigenvalue weighted by Gasteiger charge is 2.26. The van der Waals surface area contributed by atoms with Crippen LogP contribution in [-0.2, 0) is 11.3 Å². The molecule has 0 bridgehead atoms. The zero-order valence-electron chi connectivity index (χ0n) is 15.0. The van der Waals surface area contributed by atoms with Crippen LogP contribution in [0.2, 0.25) is 0 Å². The summed E-state index contributed by atoms with van der Waals surface area (Å²) in [5.41, 5.74) is 1.92. The summed E-state index contributed by atoms with van der Waals surface area (Å²) in [6.45, 7) is 2.21. The molecule has 0 aliphatic carbocycles. The summed E-state index contributed by atoms with van der Waals surface area (Å²) in [6, 6.07) is 18.1. The van der Waals surface area contributed by atoms with Gasteiger partial charge in [0.2, 0.25) is 5.91 Å². The number of nitrogens with zero attached hydrogens (tertiary/aromatic N) is 3. The lowest BCUT2D eigenvalue weighted by molar-refractivity contribution is -0.125. The molecule has 0 unspecified atom stereocenters. The van der Waals surface area contributed by atoms with Gasteiger partial charge in [-0.2, -0.15) is 0 Å². The maximum Gasteiger partial charge on any atom is 0.225 e. The minimum absolute atomic E-state index is 0.00527. The number of hydrogen-bond donors (Lipinski definition) is 1. The fourth-order valence-electron chi connectivity index (χ4n) is 3.39. The number of anilines is 1. The van der Waals surface area contributed by atoms with E-state index in [0.717, 1.165) is 36.5 Å². The highest BCUT2D eigenvalue weighted by atomic mass is 32.1. The van der Waals surface area contributed by atoms with Gasteiger partial charge in [-0.15, -0.1) is 21.5 Å². The number of piperidine rings is 1. The van der Waals surface area contributed by atoms with E-state index in [2.05, 4.69) is 20.4 Å². The van der Waals surface area contributed by atoms with Gasteiger partial charge < -0.3 is 10.2 Å². The Morgan fingerprint density at radius 3 is 2.74 bits per heavy atom. The average molecular weight is 379 g/mol. The molecule has 1 aliphatic heterocycles. The van der Waals surface area contributed by atoms with Crippen molar-refractivity contribution in [1.82, 2.24) is 15.5 Å². The van der Waals surface area contributed by atoms with Crippen LogP contribution in [-0.4, -0.2) is 29.2 Å². The van der Waals surface area contributed by atoms with Crippen LogP contribution in [0.25, 0.3) is 11.3 Å². The van der Waals surface area contributed by atoms with Gasteiger partial charge in [0.1, 0.15) is 0 Å². The van der Waals surface area contributed by atoms with E-state index in [1.165, 1.54) is 4.88 Å². The average Bonchev–Trinajstić information content (AvgIpc) is 3.27. The molecule has 0 saturated carbocycles. The van der Waals surface area contributed by atoms with Crippen molar-refractivity contribution < 1.29 is 4.79 Å². The zero-order chi connectivity index (χ0) is 18.5. The largest absolute Gasteiger partial charge is 0.354 e. The Balaban J connectivity index is 1.38. The Morgan fingerprint density at radius 2 is 2.00 bits per heavy atom. The molecule has 5 nitrogen and oxygen atoms in total. The van der Waals surface area contributed by atoms with E-state index in [0.29, 0.717) is 13.1 Å². The van der Waals surface area contributed by atoms with E-state index in [1.54, 1.807) is 11.3 Å². The van der Waals surface area contributed by atoms with Crippen molar-refractivity contribution in [3.05, 3.63) is 64.9 Å². The summed E-state index contributed by atoms with van der Waals surface area (Å²) in [5, 5.41) is 13.9. The molecule has 1 fully saturated rings. The maximum atomic E-state index is 12.5. The van der Waals surface area contributed by atoms with Crippen molar-refractivity contribution in [3.8, 4) is 11.3 Å². The van der Waals surface area contributed by atoms with E-state index in [1.807, 2.05) is 60.0 Å². The minimum Gasteiger partial charge on any atom is -0.354 e. The summed E-state index contributed by atoms with van der Waals surface area (Å²) in [7, 11) is 0. The molecule has 1 aromatic carbocycles. The van der Waals surface area contributed by atoms with Gasteiger partial charge in [-0.05, 0) is 36.4 Å². The van der Waals surface area contributed by atoms with E-state index in [-0.39, 0.29) is 11.8 Å². The molecule has 4 rings (SSSR count).